The van der Waals surface area contributed by atoms with Crippen molar-refractivity contribution in [1.29, 1.82) is 0 Å². The molecule has 0 spiro atoms. The number of aromatic amines is 1. The van der Waals surface area contributed by atoms with Crippen molar-refractivity contribution in [3.8, 4) is 0 Å². The molecule has 5 N–H and O–H groups in total. The lowest BCUT2D eigenvalue weighted by molar-refractivity contribution is -0.122. The van der Waals surface area contributed by atoms with Gasteiger partial charge < -0.3 is 16.4 Å². The summed E-state index contributed by atoms with van der Waals surface area (Å²) in [5.74, 6) is -0.555. The number of nitrogens with zero attached hydrogens (tertiary/aromatic N) is 1. The summed E-state index contributed by atoms with van der Waals surface area (Å²) in [5, 5.41) is 13.3. The van der Waals surface area contributed by atoms with Gasteiger partial charge in [-0.3, -0.25) is 14.7 Å². The first kappa shape index (κ1) is 16.8. The zero-order valence-electron chi connectivity index (χ0n) is 12.4. The normalized spacial score (nSPS) is 24.0. The fourth-order valence-electron chi connectivity index (χ4n) is 3.25. The first-order valence-corrected chi connectivity index (χ1v) is 7.52. The highest BCUT2D eigenvalue weighted by Gasteiger charge is 2.28. The molecule has 122 valence electrons. The molecule has 1 aromatic heterocycles. The lowest BCUT2D eigenvalue weighted by atomic mass is 9.85. The van der Waals surface area contributed by atoms with E-state index in [0.29, 0.717) is 18.7 Å². The van der Waals surface area contributed by atoms with Gasteiger partial charge in [-0.15, -0.1) is 12.4 Å². The predicted molar refractivity (Wildman–Crippen MR) is 83.7 cm³/mol. The molecule has 3 rings (SSSR count). The maximum Gasteiger partial charge on any atom is 0.272 e. The number of aromatic nitrogens is 2. The molecule has 2 atom stereocenters. The minimum atomic E-state index is -0.268. The first-order valence-electron chi connectivity index (χ1n) is 7.52. The van der Waals surface area contributed by atoms with Crippen molar-refractivity contribution in [2.24, 2.45) is 11.7 Å². The number of carbonyl (C=O) groups is 2. The molecule has 0 bridgehead atoms. The van der Waals surface area contributed by atoms with Crippen LogP contribution < -0.4 is 16.4 Å². The molecule has 8 heteroatoms. The van der Waals surface area contributed by atoms with E-state index in [4.69, 9.17) is 5.73 Å². The number of hydrogen-bond donors (Lipinski definition) is 4. The zero-order chi connectivity index (χ0) is 14.8. The smallest absolute Gasteiger partial charge is 0.272 e. The standard InChI is InChI=1S/C14H21N5O2.ClH/c15-13(20)8-2-1-3-9(6-8)17-14(21)12-10-7-16-5-4-11(10)18-19-12;/h8-9,16H,1-7H2,(H2,15,20)(H,17,21)(H,18,19);1H. The van der Waals surface area contributed by atoms with Crippen molar-refractivity contribution in [1.82, 2.24) is 20.8 Å². The summed E-state index contributed by atoms with van der Waals surface area (Å²) in [4.78, 5) is 23.7. The second-order valence-corrected chi connectivity index (χ2v) is 5.89. The SMILES string of the molecule is Cl.NC(=O)C1CCCC(NC(=O)c2n[nH]c3c2CNCC3)C1. The van der Waals surface area contributed by atoms with Gasteiger partial charge in [0.25, 0.3) is 5.91 Å². The van der Waals surface area contributed by atoms with Crippen molar-refractivity contribution >= 4 is 24.2 Å². The molecule has 1 fully saturated rings. The first-order chi connectivity index (χ1) is 10.1. The van der Waals surface area contributed by atoms with Crippen LogP contribution in [0.5, 0.6) is 0 Å². The Kier molecular flexibility index (Phi) is 5.42. The number of nitrogens with one attached hydrogen (secondary N) is 3. The third kappa shape index (κ3) is 3.41. The van der Waals surface area contributed by atoms with Crippen molar-refractivity contribution in [2.75, 3.05) is 6.54 Å². The molecule has 2 amide bonds. The number of amides is 2. The Balaban J connectivity index is 0.00000176. The summed E-state index contributed by atoms with van der Waals surface area (Å²) in [7, 11) is 0. The lowest BCUT2D eigenvalue weighted by Gasteiger charge is -2.27. The van der Waals surface area contributed by atoms with Crippen LogP contribution in [0.2, 0.25) is 0 Å². The van der Waals surface area contributed by atoms with Gasteiger partial charge in [0.2, 0.25) is 5.91 Å². The number of primary amides is 1. The minimum Gasteiger partial charge on any atom is -0.369 e. The van der Waals surface area contributed by atoms with Gasteiger partial charge in [-0.2, -0.15) is 5.10 Å². The monoisotopic (exact) mass is 327 g/mol. The largest absolute Gasteiger partial charge is 0.369 e. The van der Waals surface area contributed by atoms with Crippen molar-refractivity contribution in [3.63, 3.8) is 0 Å². The van der Waals surface area contributed by atoms with Gasteiger partial charge in [0.05, 0.1) is 0 Å². The van der Waals surface area contributed by atoms with Gasteiger partial charge >= 0.3 is 0 Å². The number of H-pyrrole nitrogens is 1. The van der Waals surface area contributed by atoms with Crippen LogP contribution in [0.1, 0.15) is 47.4 Å². The van der Waals surface area contributed by atoms with Crippen LogP contribution in [-0.2, 0) is 17.8 Å². The van der Waals surface area contributed by atoms with E-state index in [1.807, 2.05) is 0 Å². The highest BCUT2D eigenvalue weighted by atomic mass is 35.5. The van der Waals surface area contributed by atoms with Crippen LogP contribution >= 0.6 is 12.4 Å². The molecule has 1 aliphatic heterocycles. The third-order valence-corrected chi connectivity index (χ3v) is 4.43. The van der Waals surface area contributed by atoms with Gasteiger partial charge in [0.1, 0.15) is 0 Å². The van der Waals surface area contributed by atoms with Crippen LogP contribution in [0.4, 0.5) is 0 Å². The molecule has 7 nitrogen and oxygen atoms in total. The zero-order valence-corrected chi connectivity index (χ0v) is 13.2. The lowest BCUT2D eigenvalue weighted by Crippen LogP contribution is -2.41. The molecular formula is C14H22ClN5O2. The molecule has 1 aromatic rings. The van der Waals surface area contributed by atoms with Crippen LogP contribution in [0.3, 0.4) is 0 Å². The quantitative estimate of drug-likeness (QED) is 0.637. The maximum atomic E-state index is 12.4. The Labute approximate surface area is 135 Å². The molecule has 22 heavy (non-hydrogen) atoms. The molecular weight excluding hydrogens is 306 g/mol. The molecule has 0 aromatic carbocycles. The van der Waals surface area contributed by atoms with E-state index in [1.165, 1.54) is 0 Å². The van der Waals surface area contributed by atoms with E-state index >= 15 is 0 Å². The average molecular weight is 328 g/mol. The molecule has 2 aliphatic rings. The summed E-state index contributed by atoms with van der Waals surface area (Å²) in [6.45, 7) is 1.57. The summed E-state index contributed by atoms with van der Waals surface area (Å²) in [5.41, 5.74) is 7.84. The Bertz CT molecular complexity index is 559. The van der Waals surface area contributed by atoms with Gasteiger partial charge in [0, 0.05) is 42.7 Å². The van der Waals surface area contributed by atoms with Gasteiger partial charge in [-0.25, -0.2) is 0 Å². The van der Waals surface area contributed by atoms with Crippen LogP contribution in [0, 0.1) is 5.92 Å². The van der Waals surface area contributed by atoms with E-state index in [1.54, 1.807) is 0 Å². The summed E-state index contributed by atoms with van der Waals surface area (Å²) in [6, 6.07) is 0.00708. The Morgan fingerprint density at radius 2 is 2.14 bits per heavy atom. The van der Waals surface area contributed by atoms with E-state index in [2.05, 4.69) is 20.8 Å². The fraction of sp³-hybridized carbons (Fsp3) is 0.643. The Hall–Kier alpha value is -1.60. The second kappa shape index (κ2) is 7.11. The Morgan fingerprint density at radius 1 is 1.32 bits per heavy atom. The minimum absolute atomic E-state index is 0. The van der Waals surface area contributed by atoms with Gasteiger partial charge in [0.15, 0.2) is 5.69 Å². The fourth-order valence-corrected chi connectivity index (χ4v) is 3.25. The number of fused-ring (bicyclic) bond motifs is 1. The van der Waals surface area contributed by atoms with E-state index < -0.39 is 0 Å². The number of halogens is 1. The van der Waals surface area contributed by atoms with Crippen molar-refractivity contribution in [2.45, 2.75) is 44.7 Å². The number of carbonyl (C=O) groups excluding carboxylic acids is 2. The van der Waals surface area contributed by atoms with Crippen LogP contribution in [0.15, 0.2) is 0 Å². The van der Waals surface area contributed by atoms with Crippen molar-refractivity contribution in [3.05, 3.63) is 17.0 Å². The number of rotatable bonds is 3. The highest BCUT2D eigenvalue weighted by Crippen LogP contribution is 2.24. The maximum absolute atomic E-state index is 12.4. The molecule has 0 saturated heterocycles. The molecule has 1 saturated carbocycles. The molecule has 1 aliphatic carbocycles. The summed E-state index contributed by atoms with van der Waals surface area (Å²) in [6.07, 6.45) is 4.12. The molecule has 0 radical (unpaired) electrons. The summed E-state index contributed by atoms with van der Waals surface area (Å²) < 4.78 is 0. The van der Waals surface area contributed by atoms with E-state index in [-0.39, 0.29) is 36.2 Å². The topological polar surface area (TPSA) is 113 Å². The van der Waals surface area contributed by atoms with Crippen LogP contribution in [0.25, 0.3) is 0 Å². The number of nitrogens with two attached hydrogens (primary N) is 1. The number of hydrogen-bond acceptors (Lipinski definition) is 4. The van der Waals surface area contributed by atoms with E-state index in [0.717, 1.165) is 43.5 Å². The average Bonchev–Trinajstić information content (AvgIpc) is 2.91. The predicted octanol–water partition coefficient (Wildman–Crippen LogP) is 0.251. The molecule has 2 heterocycles. The van der Waals surface area contributed by atoms with Crippen LogP contribution in [-0.4, -0.2) is 34.6 Å². The Morgan fingerprint density at radius 3 is 2.91 bits per heavy atom. The molecule has 2 unspecified atom stereocenters. The third-order valence-electron chi connectivity index (χ3n) is 4.43. The highest BCUT2D eigenvalue weighted by molar-refractivity contribution is 5.94. The van der Waals surface area contributed by atoms with Gasteiger partial charge in [-0.1, -0.05) is 6.42 Å². The summed E-state index contributed by atoms with van der Waals surface area (Å²) >= 11 is 0. The second-order valence-electron chi connectivity index (χ2n) is 5.89. The van der Waals surface area contributed by atoms with Gasteiger partial charge in [-0.05, 0) is 19.3 Å². The van der Waals surface area contributed by atoms with E-state index in [9.17, 15) is 9.59 Å². The van der Waals surface area contributed by atoms with Crippen molar-refractivity contribution < 1.29 is 9.59 Å².